The van der Waals surface area contributed by atoms with Gasteiger partial charge in [0.25, 0.3) is 0 Å². The van der Waals surface area contributed by atoms with E-state index < -0.39 is 10.8 Å². The molecule has 6 nitrogen and oxygen atoms in total. The number of guanidine groups is 1. The van der Waals surface area contributed by atoms with E-state index in [0.717, 1.165) is 49.0 Å². The Labute approximate surface area is 186 Å². The number of likely N-dealkylation sites (tertiary alicyclic amines) is 1. The average Bonchev–Trinajstić information content (AvgIpc) is 3.39. The molecule has 2 aliphatic rings. The number of nitrogens with one attached hydrogen (secondary N) is 1. The van der Waals surface area contributed by atoms with Crippen LogP contribution in [0, 0.1) is 0 Å². The van der Waals surface area contributed by atoms with E-state index in [1.54, 1.807) is 7.05 Å². The lowest BCUT2D eigenvalue weighted by Gasteiger charge is -2.23. The van der Waals surface area contributed by atoms with Gasteiger partial charge in [-0.05, 0) is 36.6 Å². The summed E-state index contributed by atoms with van der Waals surface area (Å²) in [6, 6.07) is 18.0. The molecule has 2 atom stereocenters. The number of carbonyl (C=O) groups is 1. The van der Waals surface area contributed by atoms with Crippen molar-refractivity contribution >= 4 is 28.4 Å². The highest BCUT2D eigenvalue weighted by Gasteiger charge is 2.32. The predicted molar refractivity (Wildman–Crippen MR) is 126 cm³/mol. The van der Waals surface area contributed by atoms with Crippen LogP contribution in [0.15, 0.2) is 64.5 Å². The van der Waals surface area contributed by atoms with E-state index in [4.69, 9.17) is 0 Å². The van der Waals surface area contributed by atoms with Crippen molar-refractivity contribution in [2.75, 3.05) is 43.9 Å². The second-order valence-electron chi connectivity index (χ2n) is 7.98. The molecule has 2 aliphatic heterocycles. The van der Waals surface area contributed by atoms with Gasteiger partial charge >= 0.3 is 0 Å². The van der Waals surface area contributed by atoms with Crippen molar-refractivity contribution in [2.24, 2.45) is 4.99 Å². The molecule has 0 bridgehead atoms. The first-order chi connectivity index (χ1) is 15.2. The first-order valence-corrected chi connectivity index (χ1v) is 12.3. The quantitative estimate of drug-likeness (QED) is 0.533. The SMILES string of the molecule is CN=C(NCCS(=O)c1ccccc1)N1CC(CCN2CCCC2=O)c2ccccc21. The smallest absolute Gasteiger partial charge is 0.222 e. The number of amides is 1. The maximum Gasteiger partial charge on any atom is 0.222 e. The van der Waals surface area contributed by atoms with Gasteiger partial charge in [-0.15, -0.1) is 0 Å². The molecule has 1 saturated heterocycles. The number of nitrogens with zero attached hydrogens (tertiary/aromatic N) is 3. The molecule has 164 valence electrons. The van der Waals surface area contributed by atoms with Gasteiger partial charge in [-0.3, -0.25) is 14.0 Å². The van der Waals surface area contributed by atoms with Crippen LogP contribution >= 0.6 is 0 Å². The Morgan fingerprint density at radius 3 is 2.68 bits per heavy atom. The lowest BCUT2D eigenvalue weighted by atomic mass is 9.98. The van der Waals surface area contributed by atoms with E-state index in [1.807, 2.05) is 35.2 Å². The fourth-order valence-corrected chi connectivity index (χ4v) is 5.42. The third-order valence-electron chi connectivity index (χ3n) is 6.03. The molecule has 0 spiro atoms. The second kappa shape index (κ2) is 10.1. The fraction of sp³-hybridized carbons (Fsp3) is 0.417. The fourth-order valence-electron chi connectivity index (χ4n) is 4.44. The van der Waals surface area contributed by atoms with Crippen LogP contribution in [0.25, 0.3) is 0 Å². The third kappa shape index (κ3) is 4.98. The summed E-state index contributed by atoms with van der Waals surface area (Å²) in [6.45, 7) is 3.12. The predicted octanol–water partition coefficient (Wildman–Crippen LogP) is 2.99. The van der Waals surface area contributed by atoms with Gasteiger partial charge in [0.05, 0.1) is 10.8 Å². The van der Waals surface area contributed by atoms with Crippen LogP contribution in [0.5, 0.6) is 0 Å². The van der Waals surface area contributed by atoms with E-state index in [2.05, 4.69) is 39.5 Å². The Kier molecular flexibility index (Phi) is 7.02. The van der Waals surface area contributed by atoms with Crippen LogP contribution in [0.1, 0.15) is 30.7 Å². The van der Waals surface area contributed by atoms with Crippen LogP contribution < -0.4 is 10.2 Å². The van der Waals surface area contributed by atoms with Crippen LogP contribution in [0.4, 0.5) is 5.69 Å². The van der Waals surface area contributed by atoms with Crippen molar-refractivity contribution in [1.82, 2.24) is 10.2 Å². The Hall–Kier alpha value is -2.67. The van der Waals surface area contributed by atoms with E-state index in [1.165, 1.54) is 5.56 Å². The summed E-state index contributed by atoms with van der Waals surface area (Å²) < 4.78 is 12.5. The number of rotatable bonds is 7. The zero-order chi connectivity index (χ0) is 21.6. The third-order valence-corrected chi connectivity index (χ3v) is 7.41. The van der Waals surface area contributed by atoms with Gasteiger partial charge in [-0.25, -0.2) is 0 Å². The molecule has 2 heterocycles. The molecule has 31 heavy (non-hydrogen) atoms. The zero-order valence-corrected chi connectivity index (χ0v) is 18.8. The van der Waals surface area contributed by atoms with E-state index in [-0.39, 0.29) is 5.91 Å². The summed E-state index contributed by atoms with van der Waals surface area (Å²) in [5.41, 5.74) is 2.47. The summed E-state index contributed by atoms with van der Waals surface area (Å²) in [5, 5.41) is 3.40. The highest BCUT2D eigenvalue weighted by molar-refractivity contribution is 7.85. The largest absolute Gasteiger partial charge is 0.355 e. The van der Waals surface area contributed by atoms with Gasteiger partial charge in [0.2, 0.25) is 5.91 Å². The minimum Gasteiger partial charge on any atom is -0.355 e. The zero-order valence-electron chi connectivity index (χ0n) is 18.0. The average molecular weight is 439 g/mol. The van der Waals surface area contributed by atoms with Gasteiger partial charge in [0.1, 0.15) is 0 Å². The normalized spacial score (nSPS) is 19.6. The van der Waals surface area contributed by atoms with Gasteiger partial charge in [0.15, 0.2) is 5.96 Å². The minimum atomic E-state index is -1.04. The first-order valence-electron chi connectivity index (χ1n) is 11.0. The Morgan fingerprint density at radius 1 is 1.16 bits per heavy atom. The summed E-state index contributed by atoms with van der Waals surface area (Å²) in [7, 11) is 0.750. The maximum absolute atomic E-state index is 12.5. The topological polar surface area (TPSA) is 65.0 Å². The highest BCUT2D eigenvalue weighted by atomic mass is 32.2. The number of aliphatic imine (C=N–C) groups is 1. The number of para-hydroxylation sites is 1. The van der Waals surface area contributed by atoms with Crippen molar-refractivity contribution in [2.45, 2.75) is 30.1 Å². The van der Waals surface area contributed by atoms with Gasteiger partial charge in [0, 0.05) is 61.9 Å². The number of anilines is 1. The summed E-state index contributed by atoms with van der Waals surface area (Å²) >= 11 is 0. The van der Waals surface area contributed by atoms with Gasteiger partial charge in [-0.1, -0.05) is 36.4 Å². The molecule has 1 fully saturated rings. The Bertz CT molecular complexity index is 963. The Balaban J connectivity index is 1.38. The second-order valence-corrected chi connectivity index (χ2v) is 9.55. The molecular formula is C24H30N4O2S. The maximum atomic E-state index is 12.5. The van der Waals surface area contributed by atoms with Crippen LogP contribution in [0.3, 0.4) is 0 Å². The molecule has 2 aromatic carbocycles. The monoisotopic (exact) mass is 438 g/mol. The molecule has 2 aromatic rings. The summed E-state index contributed by atoms with van der Waals surface area (Å²) in [5.74, 6) is 1.98. The van der Waals surface area contributed by atoms with E-state index in [0.29, 0.717) is 24.6 Å². The van der Waals surface area contributed by atoms with Gasteiger partial charge in [-0.2, -0.15) is 0 Å². The number of hydrogen-bond donors (Lipinski definition) is 1. The molecule has 0 aliphatic carbocycles. The standard InChI is InChI=1S/C24H30N4O2S/c1-25-24(26-14-17-31(30)20-8-3-2-4-9-20)28-18-19(21-10-5-6-11-22(21)28)13-16-27-15-7-12-23(27)29/h2-6,8-11,19H,7,12-18H2,1H3,(H,25,26). The van der Waals surface area contributed by atoms with E-state index >= 15 is 0 Å². The highest BCUT2D eigenvalue weighted by Crippen LogP contribution is 2.38. The number of fused-ring (bicyclic) bond motifs is 1. The molecule has 1 amide bonds. The number of benzene rings is 2. The molecule has 2 unspecified atom stereocenters. The molecule has 4 rings (SSSR count). The molecular weight excluding hydrogens is 408 g/mol. The van der Waals surface area contributed by atoms with Crippen molar-refractivity contribution in [3.63, 3.8) is 0 Å². The van der Waals surface area contributed by atoms with Crippen LogP contribution in [0.2, 0.25) is 0 Å². The van der Waals surface area contributed by atoms with Crippen molar-refractivity contribution in [1.29, 1.82) is 0 Å². The van der Waals surface area contributed by atoms with Gasteiger partial charge < -0.3 is 15.1 Å². The van der Waals surface area contributed by atoms with Crippen LogP contribution in [-0.2, 0) is 15.6 Å². The van der Waals surface area contributed by atoms with Crippen molar-refractivity contribution in [3.05, 3.63) is 60.2 Å². The lowest BCUT2D eigenvalue weighted by Crippen LogP contribution is -2.42. The molecule has 0 aromatic heterocycles. The van der Waals surface area contributed by atoms with Crippen molar-refractivity contribution < 1.29 is 9.00 Å². The molecule has 0 radical (unpaired) electrons. The lowest BCUT2D eigenvalue weighted by molar-refractivity contribution is -0.127. The number of carbonyl (C=O) groups excluding carboxylic acids is 1. The summed E-state index contributed by atoms with van der Waals surface area (Å²) in [6.07, 6.45) is 2.62. The summed E-state index contributed by atoms with van der Waals surface area (Å²) in [4.78, 5) is 21.5. The Morgan fingerprint density at radius 2 is 1.94 bits per heavy atom. The molecule has 0 saturated carbocycles. The minimum absolute atomic E-state index is 0.284. The van der Waals surface area contributed by atoms with Crippen molar-refractivity contribution in [3.8, 4) is 0 Å². The molecule has 7 heteroatoms. The van der Waals surface area contributed by atoms with Crippen LogP contribution in [-0.4, -0.2) is 60.0 Å². The molecule has 1 N–H and O–H groups in total. The van der Waals surface area contributed by atoms with E-state index in [9.17, 15) is 9.00 Å². The number of hydrogen-bond acceptors (Lipinski definition) is 3. The first kappa shape index (κ1) is 21.6.